The second kappa shape index (κ2) is 5.78. The number of hydrogen-bond donors (Lipinski definition) is 0. The fourth-order valence-corrected chi connectivity index (χ4v) is 0.688. The van der Waals surface area contributed by atoms with E-state index in [9.17, 15) is 0 Å². The number of ether oxygens (including phenoxy) is 1. The zero-order valence-corrected chi connectivity index (χ0v) is 7.55. The lowest BCUT2D eigenvalue weighted by atomic mass is 10.2. The fraction of sp³-hybridized carbons (Fsp3) is 0.400. The van der Waals surface area contributed by atoms with Gasteiger partial charge in [-0.1, -0.05) is 25.7 Å². The molecular weight excluding hydrogens is 136 g/mol. The average molecular weight is 152 g/mol. The van der Waals surface area contributed by atoms with Gasteiger partial charge in [-0.15, -0.1) is 0 Å². The van der Waals surface area contributed by atoms with Crippen molar-refractivity contribution in [1.29, 1.82) is 0 Å². The third kappa shape index (κ3) is 3.66. The van der Waals surface area contributed by atoms with Crippen molar-refractivity contribution in [3.63, 3.8) is 0 Å². The topological polar surface area (TPSA) is 9.23 Å². The Hall–Kier alpha value is -0.980. The molecule has 0 aliphatic carbocycles. The van der Waals surface area contributed by atoms with Crippen LogP contribution in [0.25, 0.3) is 0 Å². The monoisotopic (exact) mass is 152 g/mol. The maximum absolute atomic E-state index is 5.12. The Morgan fingerprint density at radius 3 is 2.55 bits per heavy atom. The second-order valence-electron chi connectivity index (χ2n) is 2.22. The van der Waals surface area contributed by atoms with Gasteiger partial charge in [-0.05, 0) is 25.0 Å². The Morgan fingerprint density at radius 2 is 2.18 bits per heavy atom. The molecule has 0 aromatic heterocycles. The van der Waals surface area contributed by atoms with Crippen molar-refractivity contribution in [2.45, 2.75) is 20.3 Å². The lowest BCUT2D eigenvalue weighted by Crippen LogP contribution is -1.88. The van der Waals surface area contributed by atoms with Crippen LogP contribution in [-0.2, 0) is 4.74 Å². The van der Waals surface area contributed by atoms with Gasteiger partial charge in [0.05, 0.1) is 7.11 Å². The molecule has 0 aromatic rings. The van der Waals surface area contributed by atoms with Crippen molar-refractivity contribution in [2.75, 3.05) is 7.11 Å². The first-order valence-electron chi connectivity index (χ1n) is 3.81. The van der Waals surface area contributed by atoms with Crippen LogP contribution in [0.2, 0.25) is 0 Å². The minimum absolute atomic E-state index is 0.866. The highest BCUT2D eigenvalue weighted by Gasteiger charge is 1.96. The lowest BCUT2D eigenvalue weighted by Gasteiger charge is -2.05. The quantitative estimate of drug-likeness (QED) is 0.444. The summed E-state index contributed by atoms with van der Waals surface area (Å²) in [5.74, 6) is 0.866. The first-order chi connectivity index (χ1) is 5.26. The summed E-state index contributed by atoms with van der Waals surface area (Å²) in [6, 6.07) is 0. The van der Waals surface area contributed by atoms with Crippen LogP contribution < -0.4 is 0 Å². The third-order valence-electron chi connectivity index (χ3n) is 1.44. The fourth-order valence-electron chi connectivity index (χ4n) is 0.688. The molecule has 0 atom stereocenters. The van der Waals surface area contributed by atoms with E-state index in [2.05, 4.69) is 13.5 Å². The van der Waals surface area contributed by atoms with E-state index in [0.717, 1.165) is 17.8 Å². The van der Waals surface area contributed by atoms with Crippen LogP contribution >= 0.6 is 0 Å². The Labute approximate surface area is 69.1 Å². The van der Waals surface area contributed by atoms with Gasteiger partial charge in [0.25, 0.3) is 0 Å². The molecule has 0 aliphatic heterocycles. The van der Waals surface area contributed by atoms with Gasteiger partial charge in [0.15, 0.2) is 0 Å². The summed E-state index contributed by atoms with van der Waals surface area (Å²) in [6.45, 7) is 7.90. The molecule has 0 spiro atoms. The standard InChI is InChI=1S/C10H16O/c1-5-7-8-10(11-4)9(3)6-2/h5,7-8H,3,6H2,1-2,4H3. The van der Waals surface area contributed by atoms with Crippen LogP contribution in [0.1, 0.15) is 20.3 Å². The maximum atomic E-state index is 5.12. The van der Waals surface area contributed by atoms with E-state index in [4.69, 9.17) is 4.74 Å². The highest BCUT2D eigenvalue weighted by Crippen LogP contribution is 2.11. The van der Waals surface area contributed by atoms with Crippen LogP contribution in [0, 0.1) is 0 Å². The Kier molecular flexibility index (Phi) is 5.26. The minimum Gasteiger partial charge on any atom is -0.497 e. The Morgan fingerprint density at radius 1 is 1.55 bits per heavy atom. The molecule has 62 valence electrons. The third-order valence-corrected chi connectivity index (χ3v) is 1.44. The SMILES string of the molecule is C=C(CC)C(=CC=CC)OC. The maximum Gasteiger partial charge on any atom is 0.121 e. The largest absolute Gasteiger partial charge is 0.497 e. The summed E-state index contributed by atoms with van der Waals surface area (Å²) in [5.41, 5.74) is 1.03. The van der Waals surface area contributed by atoms with Crippen molar-refractivity contribution in [3.05, 3.63) is 36.1 Å². The molecule has 0 saturated heterocycles. The van der Waals surface area contributed by atoms with Crippen LogP contribution in [0.15, 0.2) is 36.1 Å². The first kappa shape index (κ1) is 10.0. The van der Waals surface area contributed by atoms with Crippen LogP contribution in [0.3, 0.4) is 0 Å². The molecule has 11 heavy (non-hydrogen) atoms. The first-order valence-corrected chi connectivity index (χ1v) is 3.81. The van der Waals surface area contributed by atoms with E-state index in [0.29, 0.717) is 0 Å². The molecule has 0 fully saturated rings. The van der Waals surface area contributed by atoms with Crippen molar-refractivity contribution in [2.24, 2.45) is 0 Å². The van der Waals surface area contributed by atoms with Gasteiger partial charge < -0.3 is 4.74 Å². The minimum atomic E-state index is 0.866. The van der Waals surface area contributed by atoms with Gasteiger partial charge >= 0.3 is 0 Å². The molecule has 0 unspecified atom stereocenters. The van der Waals surface area contributed by atoms with Gasteiger partial charge in [-0.3, -0.25) is 0 Å². The van der Waals surface area contributed by atoms with Gasteiger partial charge in [0, 0.05) is 0 Å². The van der Waals surface area contributed by atoms with Crippen molar-refractivity contribution in [3.8, 4) is 0 Å². The van der Waals surface area contributed by atoms with Crippen LogP contribution in [0.5, 0.6) is 0 Å². The average Bonchev–Trinajstić information content (AvgIpc) is 2.05. The van der Waals surface area contributed by atoms with E-state index < -0.39 is 0 Å². The van der Waals surface area contributed by atoms with Gasteiger partial charge in [-0.2, -0.15) is 0 Å². The van der Waals surface area contributed by atoms with E-state index in [-0.39, 0.29) is 0 Å². The lowest BCUT2D eigenvalue weighted by molar-refractivity contribution is 0.299. The molecule has 0 aliphatic rings. The Bertz CT molecular complexity index is 175. The summed E-state index contributed by atoms with van der Waals surface area (Å²) in [4.78, 5) is 0. The second-order valence-corrected chi connectivity index (χ2v) is 2.22. The summed E-state index contributed by atoms with van der Waals surface area (Å²) < 4.78 is 5.12. The number of allylic oxidation sites excluding steroid dienone is 4. The zero-order chi connectivity index (χ0) is 8.69. The summed E-state index contributed by atoms with van der Waals surface area (Å²) in [6.07, 6.45) is 6.75. The molecule has 0 amide bonds. The van der Waals surface area contributed by atoms with Crippen LogP contribution in [-0.4, -0.2) is 7.11 Å². The number of methoxy groups -OCH3 is 1. The smallest absolute Gasteiger partial charge is 0.121 e. The van der Waals surface area contributed by atoms with Gasteiger partial charge in [-0.25, -0.2) is 0 Å². The summed E-state index contributed by atoms with van der Waals surface area (Å²) in [7, 11) is 1.66. The molecule has 0 N–H and O–H groups in total. The van der Waals surface area contributed by atoms with E-state index in [1.54, 1.807) is 7.11 Å². The molecular formula is C10H16O. The molecule has 0 saturated carbocycles. The van der Waals surface area contributed by atoms with E-state index in [1.807, 2.05) is 25.2 Å². The Balaban J connectivity index is 4.26. The van der Waals surface area contributed by atoms with Gasteiger partial charge in [0.1, 0.15) is 5.76 Å². The zero-order valence-electron chi connectivity index (χ0n) is 7.55. The van der Waals surface area contributed by atoms with Crippen molar-refractivity contribution >= 4 is 0 Å². The molecule has 0 rings (SSSR count). The summed E-state index contributed by atoms with van der Waals surface area (Å²) in [5, 5.41) is 0. The molecule has 0 bridgehead atoms. The number of rotatable bonds is 4. The predicted octanol–water partition coefficient (Wildman–Crippen LogP) is 3.06. The van der Waals surface area contributed by atoms with E-state index >= 15 is 0 Å². The highest BCUT2D eigenvalue weighted by molar-refractivity contribution is 5.25. The van der Waals surface area contributed by atoms with Crippen molar-refractivity contribution < 1.29 is 4.74 Å². The van der Waals surface area contributed by atoms with Crippen LogP contribution in [0.4, 0.5) is 0 Å². The van der Waals surface area contributed by atoms with Gasteiger partial charge in [0.2, 0.25) is 0 Å². The normalized spacial score (nSPS) is 12.1. The molecule has 0 aromatic carbocycles. The van der Waals surface area contributed by atoms with Crippen molar-refractivity contribution in [1.82, 2.24) is 0 Å². The van der Waals surface area contributed by atoms with E-state index in [1.165, 1.54) is 0 Å². The summed E-state index contributed by atoms with van der Waals surface area (Å²) >= 11 is 0. The molecule has 0 heterocycles. The molecule has 0 radical (unpaired) electrons. The number of hydrogen-bond acceptors (Lipinski definition) is 1. The predicted molar refractivity (Wildman–Crippen MR) is 49.3 cm³/mol. The highest BCUT2D eigenvalue weighted by atomic mass is 16.5. The molecule has 1 nitrogen and oxygen atoms in total. The molecule has 1 heteroatoms.